The summed E-state index contributed by atoms with van der Waals surface area (Å²) < 4.78 is 11.6. The van der Waals surface area contributed by atoms with E-state index in [1.54, 1.807) is 0 Å². The molecule has 150 valence electrons. The van der Waals surface area contributed by atoms with Crippen LogP contribution in [0, 0.1) is 0 Å². The third-order valence-corrected chi connectivity index (χ3v) is 5.92. The first-order valence-corrected chi connectivity index (χ1v) is 9.56. The van der Waals surface area contributed by atoms with E-state index < -0.39 is 18.6 Å². The van der Waals surface area contributed by atoms with Crippen LogP contribution in [0.2, 0.25) is 0 Å². The van der Waals surface area contributed by atoms with Gasteiger partial charge in [-0.15, -0.1) is 21.6 Å². The van der Waals surface area contributed by atoms with Crippen molar-refractivity contribution in [1.82, 2.24) is 19.4 Å². The van der Waals surface area contributed by atoms with Gasteiger partial charge in [-0.3, -0.25) is 0 Å². The Morgan fingerprint density at radius 2 is 1.85 bits per heavy atom. The molecule has 3 fully saturated rings. The number of piperazine rings is 3. The first-order chi connectivity index (χ1) is 13.0. The minimum Gasteiger partial charge on any atom is -0.467 e. The normalized spacial score (nSPS) is 27.9. The second-order valence-corrected chi connectivity index (χ2v) is 7.47. The summed E-state index contributed by atoms with van der Waals surface area (Å²) in [7, 11) is 2.75. The van der Waals surface area contributed by atoms with Crippen LogP contribution in [0.25, 0.3) is 0 Å². The van der Waals surface area contributed by atoms with E-state index in [1.807, 2.05) is 0 Å². The SMILES string of the molecule is COC(=O)[C@H](CO)Nc1nc(OC)nc([N+]23CC[N+](CCCl)(CC2)CC3)n1. The molecule has 2 bridgehead atoms. The Kier molecular flexibility index (Phi) is 5.99. The molecule has 1 aromatic heterocycles. The van der Waals surface area contributed by atoms with Crippen LogP contribution in [0.15, 0.2) is 0 Å². The number of ether oxygens (including phenoxy) is 2. The minimum atomic E-state index is -0.953. The molecule has 0 radical (unpaired) electrons. The van der Waals surface area contributed by atoms with Gasteiger partial charge in [-0.2, -0.15) is 4.98 Å². The van der Waals surface area contributed by atoms with Crippen LogP contribution in [0.5, 0.6) is 6.01 Å². The number of nitrogens with zero attached hydrogens (tertiary/aromatic N) is 5. The fourth-order valence-corrected chi connectivity index (χ4v) is 4.25. The van der Waals surface area contributed by atoms with Crippen molar-refractivity contribution in [2.75, 3.05) is 77.8 Å². The molecular formula is C16H27ClN6O4+2. The number of alkyl halides is 1. The highest BCUT2D eigenvalue weighted by Crippen LogP contribution is 2.31. The number of fused-ring (bicyclic) bond motifs is 3. The number of aliphatic hydroxyl groups excluding tert-OH is 1. The summed E-state index contributed by atoms with van der Waals surface area (Å²) in [4.78, 5) is 25.0. The number of rotatable bonds is 8. The van der Waals surface area contributed by atoms with Crippen LogP contribution in [0.4, 0.5) is 11.9 Å². The average molecular weight is 403 g/mol. The Labute approximate surface area is 163 Å². The molecule has 27 heavy (non-hydrogen) atoms. The maximum Gasteiger partial charge on any atom is 0.337 e. The highest BCUT2D eigenvalue weighted by molar-refractivity contribution is 6.17. The zero-order valence-electron chi connectivity index (χ0n) is 15.7. The molecule has 3 aliphatic heterocycles. The number of anilines is 1. The summed E-state index contributed by atoms with van der Waals surface area (Å²) in [6.07, 6.45) is 0. The molecule has 0 unspecified atom stereocenters. The Hall–Kier alpha value is -1.75. The fourth-order valence-electron chi connectivity index (χ4n) is 3.89. The van der Waals surface area contributed by atoms with Crippen molar-refractivity contribution in [3.05, 3.63) is 0 Å². The predicted molar refractivity (Wildman–Crippen MR) is 99.7 cm³/mol. The lowest BCUT2D eigenvalue weighted by molar-refractivity contribution is -0.938. The number of halogens is 1. The number of nitrogens with one attached hydrogen (secondary N) is 1. The smallest absolute Gasteiger partial charge is 0.337 e. The molecule has 2 N–H and O–H groups in total. The number of aromatic nitrogens is 3. The summed E-state index contributed by atoms with van der Waals surface area (Å²) in [5.74, 6) is 0.884. The van der Waals surface area contributed by atoms with Gasteiger partial charge in [0.15, 0.2) is 6.04 Å². The molecule has 0 aliphatic carbocycles. The van der Waals surface area contributed by atoms with Crippen molar-refractivity contribution in [2.45, 2.75) is 6.04 Å². The van der Waals surface area contributed by atoms with Crippen LogP contribution in [-0.4, -0.2) is 109 Å². The van der Waals surface area contributed by atoms with Gasteiger partial charge in [0.1, 0.15) is 39.3 Å². The van der Waals surface area contributed by atoms with Crippen molar-refractivity contribution in [2.24, 2.45) is 0 Å². The number of hydrogen-bond acceptors (Lipinski definition) is 8. The first kappa shape index (κ1) is 20.0. The van der Waals surface area contributed by atoms with Gasteiger partial charge in [-0.25, -0.2) is 9.28 Å². The third-order valence-electron chi connectivity index (χ3n) is 5.75. The van der Waals surface area contributed by atoms with Crippen LogP contribution < -0.4 is 14.5 Å². The third kappa shape index (κ3) is 3.93. The number of carbonyl (C=O) groups excluding carboxylic acids is 1. The first-order valence-electron chi connectivity index (χ1n) is 9.03. The topological polar surface area (TPSA) is 106 Å². The summed E-state index contributed by atoms with van der Waals surface area (Å²) in [5, 5.41) is 12.3. The Morgan fingerprint density at radius 1 is 1.19 bits per heavy atom. The van der Waals surface area contributed by atoms with Gasteiger partial charge in [0, 0.05) is 0 Å². The molecule has 3 saturated heterocycles. The van der Waals surface area contributed by atoms with E-state index in [-0.39, 0.29) is 12.0 Å². The van der Waals surface area contributed by atoms with Gasteiger partial charge in [-0.1, -0.05) is 0 Å². The van der Waals surface area contributed by atoms with Crippen molar-refractivity contribution in [3.63, 3.8) is 0 Å². The number of aliphatic hydroxyl groups is 1. The summed E-state index contributed by atoms with van der Waals surface area (Å²) >= 11 is 6.00. The summed E-state index contributed by atoms with van der Waals surface area (Å²) in [6.45, 7) is 6.42. The van der Waals surface area contributed by atoms with Gasteiger partial charge in [-0.05, 0) is 0 Å². The fraction of sp³-hybridized carbons (Fsp3) is 0.750. The monoisotopic (exact) mass is 402 g/mol. The van der Waals surface area contributed by atoms with E-state index in [1.165, 1.54) is 14.2 Å². The van der Waals surface area contributed by atoms with Gasteiger partial charge in [0.2, 0.25) is 5.95 Å². The van der Waals surface area contributed by atoms with E-state index in [0.29, 0.717) is 16.3 Å². The van der Waals surface area contributed by atoms with E-state index in [4.69, 9.17) is 16.3 Å². The molecule has 3 aliphatic rings. The van der Waals surface area contributed by atoms with Gasteiger partial charge in [0.25, 0.3) is 0 Å². The van der Waals surface area contributed by atoms with Crippen molar-refractivity contribution >= 4 is 29.5 Å². The molecule has 0 aromatic carbocycles. The molecule has 4 rings (SSSR count). The molecule has 11 heteroatoms. The number of carbonyl (C=O) groups is 1. The van der Waals surface area contributed by atoms with Crippen LogP contribution >= 0.6 is 11.6 Å². The molecule has 1 aromatic rings. The number of methoxy groups -OCH3 is 2. The zero-order chi connectivity index (χ0) is 19.5. The number of quaternary nitrogens is 2. The largest absolute Gasteiger partial charge is 0.467 e. The van der Waals surface area contributed by atoms with Crippen molar-refractivity contribution < 1.29 is 23.9 Å². The molecular weight excluding hydrogens is 376 g/mol. The number of esters is 1. The van der Waals surface area contributed by atoms with E-state index in [2.05, 4.69) is 25.0 Å². The van der Waals surface area contributed by atoms with Gasteiger partial charge < -0.3 is 24.4 Å². The second-order valence-electron chi connectivity index (χ2n) is 7.09. The highest BCUT2D eigenvalue weighted by atomic mass is 35.5. The lowest BCUT2D eigenvalue weighted by Crippen LogP contribution is -2.76. The molecule has 10 nitrogen and oxygen atoms in total. The van der Waals surface area contributed by atoms with Gasteiger partial charge in [0.05, 0.1) is 33.3 Å². The Morgan fingerprint density at radius 3 is 2.37 bits per heavy atom. The number of hydrogen-bond donors (Lipinski definition) is 2. The van der Waals surface area contributed by atoms with E-state index in [0.717, 1.165) is 50.3 Å². The zero-order valence-corrected chi connectivity index (χ0v) is 16.5. The molecule has 0 spiro atoms. The minimum absolute atomic E-state index is 0.175. The molecule has 0 saturated carbocycles. The Balaban J connectivity index is 1.85. The lowest BCUT2D eigenvalue weighted by Gasteiger charge is -2.53. The lowest BCUT2D eigenvalue weighted by atomic mass is 10.1. The second kappa shape index (κ2) is 8.09. The van der Waals surface area contributed by atoms with Gasteiger partial charge >= 0.3 is 17.9 Å². The maximum absolute atomic E-state index is 11.7. The maximum atomic E-state index is 11.7. The molecule has 4 heterocycles. The van der Waals surface area contributed by atoms with Crippen LogP contribution in [0.1, 0.15) is 0 Å². The van der Waals surface area contributed by atoms with Crippen LogP contribution in [-0.2, 0) is 9.53 Å². The van der Waals surface area contributed by atoms with Crippen LogP contribution in [0.3, 0.4) is 0 Å². The summed E-state index contributed by atoms with van der Waals surface area (Å²) in [6, 6.07) is -0.778. The molecule has 0 amide bonds. The average Bonchev–Trinajstić information content (AvgIpc) is 2.72. The van der Waals surface area contributed by atoms with E-state index >= 15 is 0 Å². The summed E-state index contributed by atoms with van der Waals surface area (Å²) in [5.41, 5.74) is 0. The quantitative estimate of drug-likeness (QED) is 0.331. The van der Waals surface area contributed by atoms with Crippen molar-refractivity contribution in [3.8, 4) is 6.01 Å². The Bertz CT molecular complexity index is 666. The van der Waals surface area contributed by atoms with Crippen molar-refractivity contribution in [1.29, 1.82) is 0 Å². The standard InChI is InChI=1S/C16H27ClN6O4/c1-26-13(25)12(11-24)18-14-19-15(21-16(20-14)27-2)23-8-5-22(4-3-17,6-9-23)7-10-23/h12,24H,3-11H2,1-2H3,(H,18,19,20,21)/q+2/t12-,22?,23?/m0/s1. The molecule has 1 atom stereocenters. The highest BCUT2D eigenvalue weighted by Gasteiger charge is 2.51. The predicted octanol–water partition coefficient (Wildman–Crippen LogP) is -0.784. The van der Waals surface area contributed by atoms with E-state index in [9.17, 15) is 9.90 Å².